The molecule has 0 spiro atoms. The molecule has 8 heteroatoms. The van der Waals surface area contributed by atoms with Crippen LogP contribution in [0.15, 0.2) is 41.1 Å². The summed E-state index contributed by atoms with van der Waals surface area (Å²) in [5.41, 5.74) is 1.22. The summed E-state index contributed by atoms with van der Waals surface area (Å²) in [5.74, 6) is -2.05. The number of amides is 2. The Morgan fingerprint density at radius 2 is 1.88 bits per heavy atom. The van der Waals surface area contributed by atoms with Gasteiger partial charge in [-0.15, -0.1) is 0 Å². The number of carboxylic acids is 1. The van der Waals surface area contributed by atoms with Gasteiger partial charge in [-0.25, -0.2) is 4.39 Å². The van der Waals surface area contributed by atoms with E-state index in [1.54, 1.807) is 16.8 Å². The van der Waals surface area contributed by atoms with Crippen molar-refractivity contribution in [3.05, 3.63) is 58.0 Å². The molecule has 138 valence electrons. The number of halogens is 1. The lowest BCUT2D eigenvalue weighted by atomic mass is 10.2. The van der Waals surface area contributed by atoms with Crippen molar-refractivity contribution in [2.45, 2.75) is 19.4 Å². The molecule has 6 nitrogen and oxygen atoms in total. The molecule has 1 heterocycles. The number of thiophene rings is 1. The second-order valence-corrected chi connectivity index (χ2v) is 6.42. The van der Waals surface area contributed by atoms with Crippen molar-refractivity contribution in [1.29, 1.82) is 0 Å². The minimum Gasteiger partial charge on any atom is -0.480 e. The Hall–Kier alpha value is -2.74. The summed E-state index contributed by atoms with van der Waals surface area (Å²) in [5, 5.41) is 15.2. The van der Waals surface area contributed by atoms with Crippen LogP contribution in [0.2, 0.25) is 0 Å². The molecule has 0 fully saturated rings. The molecule has 2 rings (SSSR count). The zero-order chi connectivity index (χ0) is 18.9. The molecule has 26 heavy (non-hydrogen) atoms. The molecule has 0 radical (unpaired) electrons. The van der Waals surface area contributed by atoms with Crippen molar-refractivity contribution in [2.24, 2.45) is 0 Å². The van der Waals surface area contributed by atoms with Gasteiger partial charge in [0.2, 0.25) is 5.91 Å². The van der Waals surface area contributed by atoms with Gasteiger partial charge in [0.05, 0.1) is 0 Å². The smallest absolute Gasteiger partial charge is 0.323 e. The van der Waals surface area contributed by atoms with Crippen LogP contribution in [-0.2, 0) is 16.1 Å². The summed E-state index contributed by atoms with van der Waals surface area (Å²) in [6.07, 6.45) is 0.507. The molecule has 2 amide bonds. The van der Waals surface area contributed by atoms with Gasteiger partial charge in [0.25, 0.3) is 5.91 Å². The van der Waals surface area contributed by atoms with Crippen molar-refractivity contribution < 1.29 is 23.9 Å². The highest BCUT2D eigenvalue weighted by Gasteiger charge is 2.17. The zero-order valence-electron chi connectivity index (χ0n) is 14.0. The van der Waals surface area contributed by atoms with E-state index < -0.39 is 18.3 Å². The molecule has 2 aromatic rings. The molecule has 2 N–H and O–H groups in total. The minimum absolute atomic E-state index is 0.0900. The lowest BCUT2D eigenvalue weighted by Crippen LogP contribution is -2.35. The molecule has 0 saturated heterocycles. The van der Waals surface area contributed by atoms with Crippen LogP contribution in [0.3, 0.4) is 0 Å². The number of hydrogen-bond acceptors (Lipinski definition) is 4. The fraction of sp³-hybridized carbons (Fsp3) is 0.278. The van der Waals surface area contributed by atoms with Crippen molar-refractivity contribution in [3.63, 3.8) is 0 Å². The van der Waals surface area contributed by atoms with E-state index >= 15 is 0 Å². The van der Waals surface area contributed by atoms with E-state index in [4.69, 9.17) is 5.11 Å². The van der Waals surface area contributed by atoms with Gasteiger partial charge in [-0.05, 0) is 35.6 Å². The molecular formula is C18H19FN2O4S. The highest BCUT2D eigenvalue weighted by Crippen LogP contribution is 2.09. The Kier molecular flexibility index (Phi) is 7.28. The van der Waals surface area contributed by atoms with E-state index in [2.05, 4.69) is 5.32 Å². The first-order chi connectivity index (χ1) is 12.5. The first-order valence-electron chi connectivity index (χ1n) is 8.00. The van der Waals surface area contributed by atoms with E-state index in [0.717, 1.165) is 0 Å². The number of carboxylic acid groups (broad SMARTS) is 1. The fourth-order valence-corrected chi connectivity index (χ4v) is 2.94. The van der Waals surface area contributed by atoms with Gasteiger partial charge in [-0.1, -0.05) is 12.1 Å². The Balaban J connectivity index is 1.82. The second-order valence-electron chi connectivity index (χ2n) is 5.64. The lowest BCUT2D eigenvalue weighted by Gasteiger charge is -2.21. The average Bonchev–Trinajstić information content (AvgIpc) is 3.14. The van der Waals surface area contributed by atoms with E-state index in [9.17, 15) is 18.8 Å². The summed E-state index contributed by atoms with van der Waals surface area (Å²) in [6, 6.07) is 7.26. The number of nitrogens with one attached hydrogen (secondary N) is 1. The first-order valence-corrected chi connectivity index (χ1v) is 8.94. The molecule has 0 bridgehead atoms. The number of benzene rings is 1. The highest BCUT2D eigenvalue weighted by atomic mass is 32.1. The van der Waals surface area contributed by atoms with E-state index in [0.29, 0.717) is 24.1 Å². The lowest BCUT2D eigenvalue weighted by molar-refractivity contribution is -0.144. The van der Waals surface area contributed by atoms with Gasteiger partial charge in [-0.3, -0.25) is 14.4 Å². The molecule has 0 aliphatic rings. The van der Waals surface area contributed by atoms with Crippen LogP contribution in [-0.4, -0.2) is 40.9 Å². The summed E-state index contributed by atoms with van der Waals surface area (Å²) in [7, 11) is 0. The molecule has 0 aliphatic carbocycles. The van der Waals surface area contributed by atoms with Gasteiger partial charge in [0.15, 0.2) is 0 Å². The molecule has 0 atom stereocenters. The Morgan fingerprint density at radius 1 is 1.15 bits per heavy atom. The number of carbonyl (C=O) groups excluding carboxylic acids is 2. The third-order valence-corrected chi connectivity index (χ3v) is 4.29. The van der Waals surface area contributed by atoms with Crippen LogP contribution in [0.4, 0.5) is 4.39 Å². The standard InChI is InChI=1S/C18H19FN2O4S/c19-15-5-3-13(4-6-15)10-21(11-17(23)24)16(22)2-1-8-20-18(25)14-7-9-26-12-14/h3-7,9,12H,1-2,8,10-11H2,(H,20,25)(H,23,24). The molecule has 0 unspecified atom stereocenters. The van der Waals surface area contributed by atoms with Crippen LogP contribution in [0.25, 0.3) is 0 Å². The third kappa shape index (κ3) is 6.29. The Labute approximate surface area is 154 Å². The largest absolute Gasteiger partial charge is 0.480 e. The fourth-order valence-electron chi connectivity index (χ4n) is 2.30. The van der Waals surface area contributed by atoms with Crippen LogP contribution >= 0.6 is 11.3 Å². The first kappa shape index (κ1) is 19.6. The van der Waals surface area contributed by atoms with Gasteiger partial charge in [0.1, 0.15) is 12.4 Å². The molecule has 1 aromatic heterocycles. The monoisotopic (exact) mass is 378 g/mol. The summed E-state index contributed by atoms with van der Waals surface area (Å²) >= 11 is 1.42. The SMILES string of the molecule is O=C(O)CN(Cc1ccc(F)cc1)C(=O)CCCNC(=O)c1ccsc1. The average molecular weight is 378 g/mol. The highest BCUT2D eigenvalue weighted by molar-refractivity contribution is 7.08. The Morgan fingerprint density at radius 3 is 2.50 bits per heavy atom. The van der Waals surface area contributed by atoms with Gasteiger partial charge >= 0.3 is 5.97 Å². The predicted molar refractivity (Wildman–Crippen MR) is 95.3 cm³/mol. The second kappa shape index (κ2) is 9.67. The van der Waals surface area contributed by atoms with Crippen LogP contribution in [0.1, 0.15) is 28.8 Å². The Bertz CT molecular complexity index is 747. The van der Waals surface area contributed by atoms with Crippen molar-refractivity contribution in [2.75, 3.05) is 13.1 Å². The van der Waals surface area contributed by atoms with Crippen molar-refractivity contribution >= 4 is 29.1 Å². The maximum atomic E-state index is 13.0. The maximum Gasteiger partial charge on any atom is 0.323 e. The minimum atomic E-state index is -1.12. The van der Waals surface area contributed by atoms with Crippen molar-refractivity contribution in [1.82, 2.24) is 10.2 Å². The number of nitrogens with zero attached hydrogens (tertiary/aromatic N) is 1. The van der Waals surface area contributed by atoms with Crippen molar-refractivity contribution in [3.8, 4) is 0 Å². The molecular weight excluding hydrogens is 359 g/mol. The quantitative estimate of drug-likeness (QED) is 0.657. The summed E-state index contributed by atoms with van der Waals surface area (Å²) in [6.45, 7) is -0.0258. The van der Waals surface area contributed by atoms with E-state index in [1.807, 2.05) is 0 Å². The molecule has 1 aromatic carbocycles. The predicted octanol–water partition coefficient (Wildman–Crippen LogP) is 2.51. The van der Waals surface area contributed by atoms with E-state index in [-0.39, 0.29) is 24.8 Å². The number of aliphatic carboxylic acids is 1. The van der Waals surface area contributed by atoms with Gasteiger partial charge in [0, 0.05) is 30.5 Å². The number of hydrogen-bond donors (Lipinski definition) is 2. The molecule has 0 aliphatic heterocycles. The zero-order valence-corrected chi connectivity index (χ0v) is 14.8. The molecule has 0 saturated carbocycles. The summed E-state index contributed by atoms with van der Waals surface area (Å²) in [4.78, 5) is 36.3. The normalized spacial score (nSPS) is 10.3. The van der Waals surface area contributed by atoms with Gasteiger partial charge in [-0.2, -0.15) is 11.3 Å². The van der Waals surface area contributed by atoms with Gasteiger partial charge < -0.3 is 15.3 Å². The topological polar surface area (TPSA) is 86.7 Å². The summed E-state index contributed by atoms with van der Waals surface area (Å²) < 4.78 is 13.0. The maximum absolute atomic E-state index is 13.0. The third-order valence-electron chi connectivity index (χ3n) is 3.60. The van der Waals surface area contributed by atoms with E-state index in [1.165, 1.54) is 40.5 Å². The van der Waals surface area contributed by atoms with Crippen LogP contribution in [0.5, 0.6) is 0 Å². The number of rotatable bonds is 9. The van der Waals surface area contributed by atoms with Crippen LogP contribution < -0.4 is 5.32 Å². The van der Waals surface area contributed by atoms with Crippen LogP contribution in [0, 0.1) is 5.82 Å². The number of carbonyl (C=O) groups is 3.